The summed E-state index contributed by atoms with van der Waals surface area (Å²) in [6.45, 7) is 1.22. The van der Waals surface area contributed by atoms with Gasteiger partial charge < -0.3 is 9.47 Å². The highest BCUT2D eigenvalue weighted by Gasteiger charge is 2.32. The minimum Gasteiger partial charge on any atom is -0.494 e. The molecule has 0 unspecified atom stereocenters. The monoisotopic (exact) mass is 464 g/mol. The van der Waals surface area contributed by atoms with E-state index in [2.05, 4.69) is 10.6 Å². The van der Waals surface area contributed by atoms with Gasteiger partial charge in [-0.05, 0) is 61.1 Å². The van der Waals surface area contributed by atoms with Gasteiger partial charge in [-0.2, -0.15) is 0 Å². The molecule has 2 N–H and O–H groups in total. The Kier molecular flexibility index (Phi) is 7.57. The van der Waals surface area contributed by atoms with E-state index in [0.717, 1.165) is 48.3 Å². The number of nitrogens with one attached hydrogen (secondary N) is 2. The highest BCUT2D eigenvalue weighted by atomic mass is 16.5. The second-order valence-corrected chi connectivity index (χ2v) is 8.59. The molecular weight excluding hydrogens is 436 g/mol. The van der Waals surface area contributed by atoms with Crippen LogP contribution in [0.3, 0.4) is 0 Å². The Balaban J connectivity index is 1.07. The Morgan fingerprint density at radius 1 is 0.588 bits per heavy atom. The molecule has 2 aromatic rings. The summed E-state index contributed by atoms with van der Waals surface area (Å²) in [6, 6.07) is 14.7. The number of rotatable bonds is 11. The maximum atomic E-state index is 11.8. The van der Waals surface area contributed by atoms with Gasteiger partial charge in [0.25, 0.3) is 0 Å². The molecule has 4 amide bonds. The van der Waals surface area contributed by atoms with Crippen LogP contribution < -0.4 is 20.1 Å². The predicted octanol–water partition coefficient (Wildman–Crippen LogP) is 2.97. The number of carbonyl (C=O) groups excluding carboxylic acids is 4. The summed E-state index contributed by atoms with van der Waals surface area (Å²) in [6.07, 6.45) is 4.31. The highest BCUT2D eigenvalue weighted by Crippen LogP contribution is 2.27. The van der Waals surface area contributed by atoms with Crippen LogP contribution in [0.5, 0.6) is 11.5 Å². The maximum Gasteiger partial charge on any atom is 0.234 e. The average molecular weight is 465 g/mol. The fourth-order valence-electron chi connectivity index (χ4n) is 4.18. The maximum absolute atomic E-state index is 11.8. The number of unbranched alkanes of at least 4 members (excludes halogenated alkanes) is 3. The zero-order valence-electron chi connectivity index (χ0n) is 18.9. The van der Waals surface area contributed by atoms with Crippen LogP contribution in [0.4, 0.5) is 0 Å². The van der Waals surface area contributed by atoms with Crippen molar-refractivity contribution in [1.82, 2.24) is 10.6 Å². The minimum absolute atomic E-state index is 0.204. The summed E-state index contributed by atoms with van der Waals surface area (Å²) in [5, 5.41) is 4.65. The number of benzene rings is 2. The summed E-state index contributed by atoms with van der Waals surface area (Å²) in [5.41, 5.74) is 1.65. The van der Waals surface area contributed by atoms with Crippen molar-refractivity contribution >= 4 is 23.6 Å². The molecule has 2 aliphatic heterocycles. The third kappa shape index (κ3) is 6.01. The molecule has 8 nitrogen and oxygen atoms in total. The molecule has 2 aromatic carbocycles. The van der Waals surface area contributed by atoms with Crippen molar-refractivity contribution < 1.29 is 28.7 Å². The Bertz CT molecular complexity index is 962. The van der Waals surface area contributed by atoms with Crippen molar-refractivity contribution in [3.8, 4) is 11.5 Å². The molecule has 0 aliphatic carbocycles. The van der Waals surface area contributed by atoms with Crippen LogP contribution in [0.25, 0.3) is 0 Å². The highest BCUT2D eigenvalue weighted by molar-refractivity contribution is 6.06. The summed E-state index contributed by atoms with van der Waals surface area (Å²) < 4.78 is 11.5. The molecule has 2 saturated heterocycles. The second-order valence-electron chi connectivity index (χ2n) is 8.59. The van der Waals surface area contributed by atoms with E-state index in [0.29, 0.717) is 13.2 Å². The first-order valence-corrected chi connectivity index (χ1v) is 11.6. The quantitative estimate of drug-likeness (QED) is 0.391. The van der Waals surface area contributed by atoms with Crippen LogP contribution in [0.1, 0.15) is 61.5 Å². The normalized spacial score (nSPS) is 19.8. The summed E-state index contributed by atoms with van der Waals surface area (Å²) in [7, 11) is 0. The lowest BCUT2D eigenvalue weighted by atomic mass is 9.98. The van der Waals surface area contributed by atoms with Crippen molar-refractivity contribution in [3.05, 3.63) is 59.7 Å². The molecule has 0 saturated carbocycles. The van der Waals surface area contributed by atoms with Crippen LogP contribution in [-0.2, 0) is 19.2 Å². The van der Waals surface area contributed by atoms with Crippen molar-refractivity contribution in [2.24, 2.45) is 0 Å². The molecule has 0 bridgehead atoms. The van der Waals surface area contributed by atoms with E-state index < -0.39 is 11.8 Å². The SMILES string of the molecule is O=C1C[C@@H](c2ccc(OCCCCCCOc3ccc([C@@H]4CC(=O)NC4=O)cc3)cc2)C(=O)N1. The number of hydrogen-bond donors (Lipinski definition) is 2. The number of imide groups is 2. The molecule has 2 fully saturated rings. The number of amides is 4. The Morgan fingerprint density at radius 2 is 0.971 bits per heavy atom. The smallest absolute Gasteiger partial charge is 0.234 e. The fraction of sp³-hybridized carbons (Fsp3) is 0.385. The van der Waals surface area contributed by atoms with Gasteiger partial charge in [0.1, 0.15) is 11.5 Å². The van der Waals surface area contributed by atoms with E-state index >= 15 is 0 Å². The van der Waals surface area contributed by atoms with Gasteiger partial charge in [0.2, 0.25) is 23.6 Å². The number of hydrogen-bond acceptors (Lipinski definition) is 6. The molecule has 0 radical (unpaired) electrons. The second kappa shape index (κ2) is 11.0. The van der Waals surface area contributed by atoms with E-state index in [9.17, 15) is 19.2 Å². The predicted molar refractivity (Wildman–Crippen MR) is 123 cm³/mol. The average Bonchev–Trinajstić information content (AvgIpc) is 3.35. The van der Waals surface area contributed by atoms with E-state index in [1.54, 1.807) is 0 Å². The van der Waals surface area contributed by atoms with Crippen LogP contribution in [0.15, 0.2) is 48.5 Å². The topological polar surface area (TPSA) is 111 Å². The molecule has 4 rings (SSSR count). The molecule has 8 heteroatoms. The largest absolute Gasteiger partial charge is 0.494 e. The van der Waals surface area contributed by atoms with E-state index in [-0.39, 0.29) is 36.5 Å². The van der Waals surface area contributed by atoms with Gasteiger partial charge >= 0.3 is 0 Å². The van der Waals surface area contributed by atoms with Gasteiger partial charge in [-0.1, -0.05) is 24.3 Å². The van der Waals surface area contributed by atoms with E-state index in [1.165, 1.54) is 0 Å². The molecule has 0 aromatic heterocycles. The summed E-state index contributed by atoms with van der Waals surface area (Å²) in [5.74, 6) is -0.244. The van der Waals surface area contributed by atoms with Gasteiger partial charge in [0.15, 0.2) is 0 Å². The molecule has 2 heterocycles. The van der Waals surface area contributed by atoms with Gasteiger partial charge in [0, 0.05) is 12.8 Å². The lowest BCUT2D eigenvalue weighted by molar-refractivity contribution is -0.126. The van der Waals surface area contributed by atoms with Crippen molar-refractivity contribution in [2.45, 2.75) is 50.4 Å². The minimum atomic E-state index is -0.402. The number of carbonyl (C=O) groups is 4. The van der Waals surface area contributed by atoms with Crippen LogP contribution >= 0.6 is 0 Å². The van der Waals surface area contributed by atoms with Gasteiger partial charge in [0.05, 0.1) is 25.0 Å². The molecule has 2 atom stereocenters. The van der Waals surface area contributed by atoms with Gasteiger partial charge in [-0.25, -0.2) is 0 Å². The Labute approximate surface area is 198 Å². The Morgan fingerprint density at radius 3 is 1.29 bits per heavy atom. The van der Waals surface area contributed by atoms with E-state index in [1.807, 2.05) is 48.5 Å². The molecule has 2 aliphatic rings. The number of ether oxygens (including phenoxy) is 2. The summed E-state index contributed by atoms with van der Waals surface area (Å²) >= 11 is 0. The molecular formula is C26H28N2O6. The Hall–Kier alpha value is -3.68. The van der Waals surface area contributed by atoms with Crippen LogP contribution in [-0.4, -0.2) is 36.8 Å². The lowest BCUT2D eigenvalue weighted by Crippen LogP contribution is -2.21. The molecule has 34 heavy (non-hydrogen) atoms. The summed E-state index contributed by atoms with van der Waals surface area (Å²) in [4.78, 5) is 46.2. The first kappa shape index (κ1) is 23.5. The zero-order valence-corrected chi connectivity index (χ0v) is 18.9. The van der Waals surface area contributed by atoms with Crippen molar-refractivity contribution in [3.63, 3.8) is 0 Å². The third-order valence-electron chi connectivity index (χ3n) is 6.08. The molecule has 0 spiro atoms. The third-order valence-corrected chi connectivity index (χ3v) is 6.08. The van der Waals surface area contributed by atoms with Crippen molar-refractivity contribution in [1.29, 1.82) is 0 Å². The zero-order chi connectivity index (χ0) is 23.9. The fourth-order valence-corrected chi connectivity index (χ4v) is 4.18. The van der Waals surface area contributed by atoms with Crippen molar-refractivity contribution in [2.75, 3.05) is 13.2 Å². The van der Waals surface area contributed by atoms with E-state index in [4.69, 9.17) is 9.47 Å². The standard InChI is InChI=1S/C26H28N2O6/c29-23-15-21(25(31)27-23)17-5-9-19(10-6-17)33-13-3-1-2-4-14-34-20-11-7-18(8-12-20)22-16-24(30)28-26(22)32/h5-12,21-22H,1-4,13-16H2,(H,27,29,31)(H,28,30,32)/t21-,22-/m0/s1. The van der Waals surface area contributed by atoms with Crippen LogP contribution in [0, 0.1) is 0 Å². The van der Waals surface area contributed by atoms with Gasteiger partial charge in [-0.3, -0.25) is 29.8 Å². The first-order valence-electron chi connectivity index (χ1n) is 11.6. The first-order chi connectivity index (χ1) is 16.5. The van der Waals surface area contributed by atoms with Crippen LogP contribution in [0.2, 0.25) is 0 Å². The lowest BCUT2D eigenvalue weighted by Gasteiger charge is -2.10. The molecule has 178 valence electrons. The van der Waals surface area contributed by atoms with Gasteiger partial charge in [-0.15, -0.1) is 0 Å².